The number of likely N-dealkylation sites (tertiary alicyclic amines) is 1. The molecule has 5 heteroatoms. The second-order valence-electron chi connectivity index (χ2n) is 7.84. The average molecular weight is 345 g/mol. The number of nitrogens with zero attached hydrogens (tertiary/aromatic N) is 1. The molecule has 1 atom stereocenters. The van der Waals surface area contributed by atoms with E-state index in [4.69, 9.17) is 0 Å². The summed E-state index contributed by atoms with van der Waals surface area (Å²) in [7, 11) is 0. The number of aliphatic hydroxyl groups excluding tert-OH is 1. The van der Waals surface area contributed by atoms with Crippen LogP contribution < -0.4 is 10.6 Å². The summed E-state index contributed by atoms with van der Waals surface area (Å²) in [5.41, 5.74) is 1.33. The van der Waals surface area contributed by atoms with Crippen molar-refractivity contribution in [1.29, 1.82) is 0 Å². The number of rotatable bonds is 5. The molecule has 2 aliphatic rings. The van der Waals surface area contributed by atoms with E-state index >= 15 is 0 Å². The number of carbonyl (C=O) groups is 1. The van der Waals surface area contributed by atoms with Crippen molar-refractivity contribution in [1.82, 2.24) is 15.5 Å². The minimum Gasteiger partial charge on any atom is -0.393 e. The molecule has 1 aromatic carbocycles. The Kier molecular flexibility index (Phi) is 5.97. The van der Waals surface area contributed by atoms with Gasteiger partial charge >= 0.3 is 6.03 Å². The Hall–Kier alpha value is -1.59. The molecule has 25 heavy (non-hydrogen) atoms. The predicted octanol–water partition coefficient (Wildman–Crippen LogP) is 2.64. The molecule has 0 radical (unpaired) electrons. The molecule has 1 heterocycles. The highest BCUT2D eigenvalue weighted by molar-refractivity contribution is 5.74. The molecular weight excluding hydrogens is 314 g/mol. The molecule has 1 aliphatic heterocycles. The van der Waals surface area contributed by atoms with Crippen molar-refractivity contribution in [3.63, 3.8) is 0 Å². The van der Waals surface area contributed by atoms with Crippen molar-refractivity contribution < 1.29 is 9.90 Å². The van der Waals surface area contributed by atoms with Gasteiger partial charge in [-0.3, -0.25) is 4.90 Å². The Morgan fingerprint density at radius 1 is 1.24 bits per heavy atom. The van der Waals surface area contributed by atoms with E-state index < -0.39 is 0 Å². The molecule has 1 aromatic rings. The van der Waals surface area contributed by atoms with Crippen LogP contribution in [-0.2, 0) is 6.54 Å². The van der Waals surface area contributed by atoms with Crippen LogP contribution in [0.1, 0.15) is 51.0 Å². The second kappa shape index (κ2) is 8.19. The number of aliphatic hydroxyl groups is 1. The normalized spacial score (nSPS) is 30.2. The van der Waals surface area contributed by atoms with Gasteiger partial charge in [-0.05, 0) is 57.6 Å². The van der Waals surface area contributed by atoms with Gasteiger partial charge in [0.25, 0.3) is 0 Å². The van der Waals surface area contributed by atoms with Crippen LogP contribution in [0.4, 0.5) is 4.79 Å². The van der Waals surface area contributed by atoms with Gasteiger partial charge in [-0.25, -0.2) is 4.79 Å². The van der Waals surface area contributed by atoms with E-state index in [-0.39, 0.29) is 23.7 Å². The summed E-state index contributed by atoms with van der Waals surface area (Å²) in [6.07, 6.45) is 5.40. The van der Waals surface area contributed by atoms with Crippen LogP contribution >= 0.6 is 0 Å². The fourth-order valence-electron chi connectivity index (χ4n) is 4.08. The first-order chi connectivity index (χ1) is 12.0. The zero-order chi connectivity index (χ0) is 17.7. The first kappa shape index (κ1) is 18.2. The Bertz CT molecular complexity index is 557. The Morgan fingerprint density at radius 2 is 1.96 bits per heavy atom. The lowest BCUT2D eigenvalue weighted by Crippen LogP contribution is -2.53. The van der Waals surface area contributed by atoms with Crippen molar-refractivity contribution in [2.75, 3.05) is 13.1 Å². The van der Waals surface area contributed by atoms with Gasteiger partial charge in [-0.2, -0.15) is 0 Å². The van der Waals surface area contributed by atoms with Crippen molar-refractivity contribution in [3.8, 4) is 0 Å². The summed E-state index contributed by atoms with van der Waals surface area (Å²) in [4.78, 5) is 14.7. The third kappa shape index (κ3) is 4.95. The lowest BCUT2D eigenvalue weighted by atomic mass is 9.93. The summed E-state index contributed by atoms with van der Waals surface area (Å²) < 4.78 is 0. The molecule has 1 saturated heterocycles. The number of urea groups is 1. The van der Waals surface area contributed by atoms with E-state index in [1.165, 1.54) is 12.0 Å². The van der Waals surface area contributed by atoms with Crippen molar-refractivity contribution in [2.24, 2.45) is 0 Å². The molecule has 5 nitrogen and oxygen atoms in total. The molecule has 0 bridgehead atoms. The van der Waals surface area contributed by atoms with E-state index in [0.717, 1.165) is 45.2 Å². The maximum atomic E-state index is 12.3. The van der Waals surface area contributed by atoms with Gasteiger partial charge in [-0.1, -0.05) is 30.3 Å². The summed E-state index contributed by atoms with van der Waals surface area (Å²) in [5.74, 6) is 0. The fourth-order valence-corrected chi connectivity index (χ4v) is 4.08. The summed E-state index contributed by atoms with van der Waals surface area (Å²) in [6, 6.07) is 10.6. The largest absolute Gasteiger partial charge is 0.393 e. The van der Waals surface area contributed by atoms with Crippen LogP contribution in [0, 0.1) is 0 Å². The average Bonchev–Trinajstić information content (AvgIpc) is 2.97. The van der Waals surface area contributed by atoms with Crippen molar-refractivity contribution in [3.05, 3.63) is 35.9 Å². The van der Waals surface area contributed by atoms with E-state index in [0.29, 0.717) is 6.54 Å². The van der Waals surface area contributed by atoms with Crippen LogP contribution in [-0.4, -0.2) is 46.8 Å². The molecule has 1 aliphatic carbocycles. The standard InChI is InChI=1S/C20H31N3O2/c1-20(12-5-13-23(20)14-16-6-3-2-4-7-16)15-21-19(25)22-17-8-10-18(24)11-9-17/h2-4,6-7,17-18,24H,5,8-15H2,1H3,(H2,21,22,25)/t17?,18?,20-/m1/s1. The topological polar surface area (TPSA) is 64.6 Å². The number of amides is 2. The van der Waals surface area contributed by atoms with Gasteiger partial charge in [0.05, 0.1) is 6.10 Å². The minimum absolute atomic E-state index is 0.00986. The van der Waals surface area contributed by atoms with Gasteiger partial charge in [0, 0.05) is 24.7 Å². The zero-order valence-electron chi connectivity index (χ0n) is 15.2. The van der Waals surface area contributed by atoms with Gasteiger partial charge in [0.1, 0.15) is 0 Å². The molecule has 3 N–H and O–H groups in total. The van der Waals surface area contributed by atoms with E-state index in [9.17, 15) is 9.90 Å². The number of hydrogen-bond donors (Lipinski definition) is 3. The lowest BCUT2D eigenvalue weighted by molar-refractivity contribution is 0.116. The molecule has 3 rings (SSSR count). The molecule has 0 aromatic heterocycles. The molecular formula is C20H31N3O2. The van der Waals surface area contributed by atoms with Crippen LogP contribution in [0.25, 0.3) is 0 Å². The lowest BCUT2D eigenvalue weighted by Gasteiger charge is -2.36. The highest BCUT2D eigenvalue weighted by atomic mass is 16.3. The number of carbonyl (C=O) groups excluding carboxylic acids is 1. The first-order valence-electron chi connectivity index (χ1n) is 9.56. The molecule has 1 saturated carbocycles. The maximum absolute atomic E-state index is 12.3. The third-order valence-electron chi connectivity index (χ3n) is 5.78. The van der Waals surface area contributed by atoms with Crippen LogP contribution in [0.3, 0.4) is 0 Å². The van der Waals surface area contributed by atoms with Gasteiger partial charge < -0.3 is 15.7 Å². The Labute approximate surface area is 150 Å². The summed E-state index contributed by atoms with van der Waals surface area (Å²) >= 11 is 0. The highest BCUT2D eigenvalue weighted by Crippen LogP contribution is 2.30. The number of benzene rings is 1. The van der Waals surface area contributed by atoms with Gasteiger partial charge in [0.15, 0.2) is 0 Å². The third-order valence-corrected chi connectivity index (χ3v) is 5.78. The predicted molar refractivity (Wildman–Crippen MR) is 99.3 cm³/mol. The SMILES string of the molecule is C[C@]1(CNC(=O)NC2CCC(O)CC2)CCCN1Cc1ccccc1. The smallest absolute Gasteiger partial charge is 0.315 e. The monoisotopic (exact) mass is 345 g/mol. The molecule has 2 fully saturated rings. The van der Waals surface area contributed by atoms with Crippen LogP contribution in [0.2, 0.25) is 0 Å². The molecule has 138 valence electrons. The summed E-state index contributed by atoms with van der Waals surface area (Å²) in [5, 5.41) is 15.7. The van der Waals surface area contributed by atoms with E-state index in [2.05, 4.69) is 46.7 Å². The summed E-state index contributed by atoms with van der Waals surface area (Å²) in [6.45, 7) is 4.93. The van der Waals surface area contributed by atoms with Crippen molar-refractivity contribution in [2.45, 2.75) is 69.7 Å². The quantitative estimate of drug-likeness (QED) is 0.769. The van der Waals surface area contributed by atoms with E-state index in [1.54, 1.807) is 0 Å². The molecule has 0 spiro atoms. The van der Waals surface area contributed by atoms with Crippen molar-refractivity contribution >= 4 is 6.03 Å². The second-order valence-corrected chi connectivity index (χ2v) is 7.84. The first-order valence-corrected chi connectivity index (χ1v) is 9.56. The molecule has 2 amide bonds. The zero-order valence-corrected chi connectivity index (χ0v) is 15.2. The minimum atomic E-state index is -0.190. The maximum Gasteiger partial charge on any atom is 0.315 e. The van der Waals surface area contributed by atoms with Crippen LogP contribution in [0.5, 0.6) is 0 Å². The number of nitrogens with one attached hydrogen (secondary N) is 2. The van der Waals surface area contributed by atoms with Gasteiger partial charge in [-0.15, -0.1) is 0 Å². The highest BCUT2D eigenvalue weighted by Gasteiger charge is 2.36. The Morgan fingerprint density at radius 3 is 2.68 bits per heavy atom. The van der Waals surface area contributed by atoms with Gasteiger partial charge in [0.2, 0.25) is 0 Å². The number of hydrogen-bond acceptors (Lipinski definition) is 3. The van der Waals surface area contributed by atoms with Crippen LogP contribution in [0.15, 0.2) is 30.3 Å². The molecule has 0 unspecified atom stereocenters. The van der Waals surface area contributed by atoms with E-state index in [1.807, 2.05) is 6.07 Å². The fraction of sp³-hybridized carbons (Fsp3) is 0.650. The Balaban J connectivity index is 1.48.